The maximum atomic E-state index is 13.9. The van der Waals surface area contributed by atoms with Crippen molar-refractivity contribution in [1.82, 2.24) is 31.6 Å². The Labute approximate surface area is 319 Å². The molecular formula is C36H46N8O12. The topological polar surface area (TPSA) is 345 Å². The molecule has 0 saturated heterocycles. The highest BCUT2D eigenvalue weighted by Crippen LogP contribution is 2.19. The summed E-state index contributed by atoms with van der Waals surface area (Å²) in [7, 11) is 0. The molecule has 0 saturated carbocycles. The van der Waals surface area contributed by atoms with Crippen LogP contribution < -0.4 is 38.1 Å². The number of rotatable bonds is 23. The predicted molar refractivity (Wildman–Crippen MR) is 198 cm³/mol. The van der Waals surface area contributed by atoms with E-state index >= 15 is 0 Å². The van der Waals surface area contributed by atoms with Crippen molar-refractivity contribution in [3.63, 3.8) is 0 Å². The molecular weight excluding hydrogens is 736 g/mol. The number of unbranched alkanes of at least 4 members (excludes halogenated alkanes) is 1. The van der Waals surface area contributed by atoms with Gasteiger partial charge in [-0.15, -0.1) is 0 Å². The van der Waals surface area contributed by atoms with Crippen LogP contribution in [0.15, 0.2) is 54.7 Å². The molecule has 0 radical (unpaired) electrons. The third-order valence-corrected chi connectivity index (χ3v) is 8.49. The third-order valence-electron chi connectivity index (χ3n) is 8.49. The Morgan fingerprint density at radius 2 is 1.29 bits per heavy atom. The van der Waals surface area contributed by atoms with E-state index < -0.39 is 97.0 Å². The number of aromatic nitrogens is 1. The summed E-state index contributed by atoms with van der Waals surface area (Å²) in [6.07, 6.45) is 0.515. The molecule has 5 amide bonds. The normalized spacial score (nSPS) is 13.6. The Kier molecular flexibility index (Phi) is 16.7. The average molecular weight is 783 g/mol. The number of carbonyl (C=O) groups excluding carboxylic acids is 5. The second-order valence-corrected chi connectivity index (χ2v) is 12.9. The van der Waals surface area contributed by atoms with E-state index in [4.69, 9.17) is 21.7 Å². The standard InChI is InChI=1S/C36H46N8O12/c37-12-4-3-7-25(34(53)44-27(15-30(47)48)33(52)40-18-29(46)41-28(36(55)56)16-31(49)50)42-35(54)26(13-19-8-10-21(45)11-9-19)43-32(51)23(38)14-20-17-39-24-6-2-1-5-22(20)24/h1-2,5-6,8-11,17,23,25-28,39,45H,3-4,7,12-16,18,37-38H2,(H,40,52)(H,41,46)(H,42,54)(H,43,51)(H,44,53)(H,47,48)(H,49,50)(H,55,56)/t23-,25-,26-,27-,28-/m0/s1. The average Bonchev–Trinajstić information content (AvgIpc) is 3.55. The van der Waals surface area contributed by atoms with E-state index in [9.17, 15) is 48.6 Å². The number of phenolic OH excluding ortho intramolecular Hbond substituents is 1. The molecule has 3 aromatic rings. The fourth-order valence-corrected chi connectivity index (χ4v) is 5.59. The molecule has 0 bridgehead atoms. The highest BCUT2D eigenvalue weighted by atomic mass is 16.4. The first-order valence-electron chi connectivity index (χ1n) is 17.5. The quantitative estimate of drug-likeness (QED) is 0.0473. The van der Waals surface area contributed by atoms with Crippen LogP contribution in [0.1, 0.15) is 43.2 Å². The highest BCUT2D eigenvalue weighted by molar-refractivity contribution is 5.97. The van der Waals surface area contributed by atoms with E-state index in [-0.39, 0.29) is 31.6 Å². The Balaban J connectivity index is 1.77. The molecule has 56 heavy (non-hydrogen) atoms. The number of amides is 5. The van der Waals surface area contributed by atoms with Crippen molar-refractivity contribution >= 4 is 58.3 Å². The zero-order chi connectivity index (χ0) is 41.4. The summed E-state index contributed by atoms with van der Waals surface area (Å²) in [5.41, 5.74) is 14.0. The molecule has 0 aliphatic rings. The van der Waals surface area contributed by atoms with Gasteiger partial charge in [-0.05, 0) is 61.6 Å². The molecule has 0 spiro atoms. The molecule has 0 aliphatic heterocycles. The summed E-state index contributed by atoms with van der Waals surface area (Å²) in [5.74, 6) is -9.49. The number of hydrogen-bond donors (Lipinski definition) is 12. The number of fused-ring (bicyclic) bond motifs is 1. The molecule has 0 unspecified atom stereocenters. The number of hydrogen-bond acceptors (Lipinski definition) is 11. The number of aromatic hydroxyl groups is 1. The lowest BCUT2D eigenvalue weighted by atomic mass is 10.0. The van der Waals surface area contributed by atoms with E-state index in [1.54, 1.807) is 6.20 Å². The zero-order valence-corrected chi connectivity index (χ0v) is 30.2. The summed E-state index contributed by atoms with van der Waals surface area (Å²) in [5, 5.41) is 49.5. The molecule has 5 atom stereocenters. The number of para-hydroxylation sites is 1. The molecule has 0 aliphatic carbocycles. The van der Waals surface area contributed by atoms with Gasteiger partial charge in [-0.1, -0.05) is 30.3 Å². The van der Waals surface area contributed by atoms with Crippen LogP contribution in [0.4, 0.5) is 0 Å². The first-order valence-corrected chi connectivity index (χ1v) is 17.5. The monoisotopic (exact) mass is 782 g/mol. The maximum Gasteiger partial charge on any atom is 0.326 e. The Morgan fingerprint density at radius 3 is 1.93 bits per heavy atom. The van der Waals surface area contributed by atoms with Crippen molar-refractivity contribution in [2.45, 2.75) is 75.2 Å². The fraction of sp³-hybridized carbons (Fsp3) is 0.389. The van der Waals surface area contributed by atoms with Gasteiger partial charge in [0.25, 0.3) is 0 Å². The summed E-state index contributed by atoms with van der Waals surface area (Å²) in [6.45, 7) is -0.663. The minimum Gasteiger partial charge on any atom is -0.508 e. The van der Waals surface area contributed by atoms with Gasteiger partial charge < -0.3 is 63.5 Å². The van der Waals surface area contributed by atoms with Crippen molar-refractivity contribution in [2.75, 3.05) is 13.1 Å². The summed E-state index contributed by atoms with van der Waals surface area (Å²) in [6, 6.07) is 5.85. The van der Waals surface area contributed by atoms with Gasteiger partial charge >= 0.3 is 17.9 Å². The van der Waals surface area contributed by atoms with Crippen molar-refractivity contribution in [2.24, 2.45) is 11.5 Å². The number of nitrogens with two attached hydrogens (primary N) is 2. The summed E-state index contributed by atoms with van der Waals surface area (Å²) >= 11 is 0. The first-order chi connectivity index (χ1) is 26.6. The van der Waals surface area contributed by atoms with Crippen LogP contribution >= 0.6 is 0 Å². The highest BCUT2D eigenvalue weighted by Gasteiger charge is 2.32. The van der Waals surface area contributed by atoms with Crippen LogP contribution in [0.25, 0.3) is 10.9 Å². The van der Waals surface area contributed by atoms with E-state index in [0.717, 1.165) is 16.5 Å². The van der Waals surface area contributed by atoms with Gasteiger partial charge in [0.2, 0.25) is 29.5 Å². The van der Waals surface area contributed by atoms with Crippen LogP contribution in [0.3, 0.4) is 0 Å². The number of carbonyl (C=O) groups is 8. The summed E-state index contributed by atoms with van der Waals surface area (Å²) in [4.78, 5) is 103. The number of aliphatic carboxylic acids is 3. The minimum atomic E-state index is -1.82. The Hall–Kier alpha value is -6.54. The zero-order valence-electron chi connectivity index (χ0n) is 30.2. The van der Waals surface area contributed by atoms with Crippen LogP contribution in [0, 0.1) is 0 Å². The molecule has 302 valence electrons. The van der Waals surface area contributed by atoms with E-state index in [2.05, 4.69) is 26.3 Å². The van der Waals surface area contributed by atoms with Gasteiger partial charge in [-0.2, -0.15) is 0 Å². The largest absolute Gasteiger partial charge is 0.508 e. The number of aromatic amines is 1. The second kappa shape index (κ2) is 21.4. The lowest BCUT2D eigenvalue weighted by Gasteiger charge is -2.26. The fourth-order valence-electron chi connectivity index (χ4n) is 5.59. The van der Waals surface area contributed by atoms with Gasteiger partial charge in [-0.25, -0.2) is 4.79 Å². The number of phenols is 1. The van der Waals surface area contributed by atoms with Crippen LogP contribution in [-0.4, -0.2) is 116 Å². The van der Waals surface area contributed by atoms with Crippen LogP contribution in [-0.2, 0) is 51.2 Å². The lowest BCUT2D eigenvalue weighted by Crippen LogP contribution is -2.58. The number of H-pyrrole nitrogens is 1. The third kappa shape index (κ3) is 14.0. The first kappa shape index (κ1) is 43.9. The SMILES string of the molecule is NCCCC[C@H](NC(=O)[C@H](Cc1ccc(O)cc1)NC(=O)[C@@H](N)Cc1c[nH]c2ccccc12)C(=O)N[C@@H](CC(=O)O)C(=O)NCC(=O)N[C@@H](CC(=O)O)C(=O)O. The van der Waals surface area contributed by atoms with Crippen molar-refractivity contribution < 1.29 is 58.8 Å². The molecule has 20 nitrogen and oxygen atoms in total. The molecule has 3 rings (SSSR count). The Morgan fingerprint density at radius 1 is 0.679 bits per heavy atom. The molecule has 2 aromatic carbocycles. The predicted octanol–water partition coefficient (Wildman–Crippen LogP) is -1.80. The smallest absolute Gasteiger partial charge is 0.326 e. The van der Waals surface area contributed by atoms with Crippen LogP contribution in [0.5, 0.6) is 5.75 Å². The Bertz CT molecular complexity index is 1880. The van der Waals surface area contributed by atoms with E-state index in [1.807, 2.05) is 29.6 Å². The minimum absolute atomic E-state index is 0.0291. The molecule has 14 N–H and O–H groups in total. The van der Waals surface area contributed by atoms with Gasteiger partial charge in [0.1, 0.15) is 29.9 Å². The van der Waals surface area contributed by atoms with Gasteiger partial charge in [-0.3, -0.25) is 33.6 Å². The van der Waals surface area contributed by atoms with E-state index in [1.165, 1.54) is 24.3 Å². The second-order valence-electron chi connectivity index (χ2n) is 12.9. The van der Waals surface area contributed by atoms with Crippen LogP contribution in [0.2, 0.25) is 0 Å². The van der Waals surface area contributed by atoms with Crippen molar-refractivity contribution in [3.05, 3.63) is 65.9 Å². The van der Waals surface area contributed by atoms with Crippen molar-refractivity contribution in [3.8, 4) is 5.75 Å². The molecule has 1 aromatic heterocycles. The van der Waals surface area contributed by atoms with Gasteiger partial charge in [0.15, 0.2) is 0 Å². The van der Waals surface area contributed by atoms with Gasteiger partial charge in [0.05, 0.1) is 25.4 Å². The number of carboxylic acid groups (broad SMARTS) is 3. The molecule has 1 heterocycles. The van der Waals surface area contributed by atoms with E-state index in [0.29, 0.717) is 18.4 Å². The maximum absolute atomic E-state index is 13.9. The number of nitrogens with one attached hydrogen (secondary N) is 6. The molecule has 0 fully saturated rings. The van der Waals surface area contributed by atoms with Crippen molar-refractivity contribution in [1.29, 1.82) is 0 Å². The lowest BCUT2D eigenvalue weighted by molar-refractivity contribution is -0.147. The number of carboxylic acids is 3. The summed E-state index contributed by atoms with van der Waals surface area (Å²) < 4.78 is 0. The molecule has 20 heteroatoms. The van der Waals surface area contributed by atoms with Gasteiger partial charge in [0, 0.05) is 23.5 Å². The number of benzene rings is 2.